The predicted octanol–water partition coefficient (Wildman–Crippen LogP) is 0.702. The number of carbonyl (C=O) groups is 2. The van der Waals surface area contributed by atoms with Crippen LogP contribution in [0.25, 0.3) is 0 Å². The average Bonchev–Trinajstić information content (AvgIpc) is 2.40. The average molecular weight is 264 g/mol. The van der Waals surface area contributed by atoms with Gasteiger partial charge in [-0.1, -0.05) is 0 Å². The zero-order valence-electron chi connectivity index (χ0n) is 10.4. The molecule has 1 aromatic carbocycles. The Morgan fingerprint density at radius 3 is 2.68 bits per heavy atom. The van der Waals surface area contributed by atoms with E-state index in [9.17, 15) is 9.59 Å². The molecule has 1 atom stereocenters. The van der Waals surface area contributed by atoms with Crippen LogP contribution in [0.1, 0.15) is 16.8 Å². The highest BCUT2D eigenvalue weighted by molar-refractivity contribution is 5.92. The number of ether oxygens (including phenoxy) is 1. The van der Waals surface area contributed by atoms with Crippen LogP contribution in [0, 0.1) is 0 Å². The molecule has 1 saturated heterocycles. The van der Waals surface area contributed by atoms with Gasteiger partial charge in [0.2, 0.25) is 5.91 Å². The predicted molar refractivity (Wildman–Crippen MR) is 69.3 cm³/mol. The number of morpholine rings is 1. The maximum atomic E-state index is 11.8. The third-order valence-corrected chi connectivity index (χ3v) is 2.83. The number of anilines is 1. The Morgan fingerprint density at radius 1 is 1.37 bits per heavy atom. The van der Waals surface area contributed by atoms with E-state index >= 15 is 0 Å². The van der Waals surface area contributed by atoms with Gasteiger partial charge < -0.3 is 20.5 Å². The fourth-order valence-corrected chi connectivity index (χ4v) is 1.87. The van der Waals surface area contributed by atoms with Crippen LogP contribution in [0.5, 0.6) is 0 Å². The van der Waals surface area contributed by atoms with E-state index in [2.05, 4.69) is 10.6 Å². The van der Waals surface area contributed by atoms with Crippen molar-refractivity contribution in [2.75, 3.05) is 25.0 Å². The molecule has 1 heterocycles. The second kappa shape index (κ2) is 6.31. The first-order chi connectivity index (χ1) is 9.15. The Balaban J connectivity index is 1.85. The molecule has 1 aliphatic heterocycles. The minimum Gasteiger partial charge on any atom is -0.478 e. The van der Waals surface area contributed by atoms with Crippen LogP contribution in [-0.4, -0.2) is 42.8 Å². The van der Waals surface area contributed by atoms with Crippen LogP contribution in [0.2, 0.25) is 0 Å². The normalized spacial score (nSPS) is 18.8. The summed E-state index contributed by atoms with van der Waals surface area (Å²) in [6.45, 7) is 2.10. The molecule has 0 radical (unpaired) electrons. The van der Waals surface area contributed by atoms with Gasteiger partial charge in [0.05, 0.1) is 24.7 Å². The molecule has 0 aromatic heterocycles. The number of carboxylic acids is 1. The number of hydrogen-bond donors (Lipinski definition) is 3. The first-order valence-electron chi connectivity index (χ1n) is 6.10. The zero-order valence-corrected chi connectivity index (χ0v) is 10.4. The molecule has 19 heavy (non-hydrogen) atoms. The van der Waals surface area contributed by atoms with Crippen molar-refractivity contribution in [2.45, 2.75) is 12.5 Å². The molecule has 2 rings (SSSR count). The molecule has 1 aromatic rings. The van der Waals surface area contributed by atoms with E-state index in [4.69, 9.17) is 9.84 Å². The summed E-state index contributed by atoms with van der Waals surface area (Å²) >= 11 is 0. The lowest BCUT2D eigenvalue weighted by atomic mass is 10.2. The Hall–Kier alpha value is -1.92. The molecule has 6 heteroatoms. The van der Waals surface area contributed by atoms with E-state index in [1.807, 2.05) is 0 Å². The van der Waals surface area contributed by atoms with Crippen molar-refractivity contribution in [1.82, 2.24) is 5.32 Å². The lowest BCUT2D eigenvalue weighted by Crippen LogP contribution is -2.40. The van der Waals surface area contributed by atoms with Gasteiger partial charge in [-0.15, -0.1) is 0 Å². The van der Waals surface area contributed by atoms with E-state index in [-0.39, 0.29) is 24.0 Å². The third-order valence-electron chi connectivity index (χ3n) is 2.83. The number of nitrogens with one attached hydrogen (secondary N) is 2. The molecule has 1 fully saturated rings. The Kier molecular flexibility index (Phi) is 4.48. The van der Waals surface area contributed by atoms with Gasteiger partial charge in [0.25, 0.3) is 0 Å². The largest absolute Gasteiger partial charge is 0.478 e. The molecule has 6 nitrogen and oxygen atoms in total. The Bertz CT molecular complexity index is 452. The summed E-state index contributed by atoms with van der Waals surface area (Å²) < 4.78 is 5.44. The first-order valence-corrected chi connectivity index (χ1v) is 6.10. The number of amides is 1. The molecular formula is C13H16N2O4. The molecule has 0 spiro atoms. The van der Waals surface area contributed by atoms with Crippen LogP contribution in [0.15, 0.2) is 24.3 Å². The molecular weight excluding hydrogens is 248 g/mol. The summed E-state index contributed by atoms with van der Waals surface area (Å²) in [5.74, 6) is -1.13. The van der Waals surface area contributed by atoms with E-state index in [1.165, 1.54) is 12.1 Å². The lowest BCUT2D eigenvalue weighted by molar-refractivity contribution is -0.119. The number of benzene rings is 1. The summed E-state index contributed by atoms with van der Waals surface area (Å²) in [7, 11) is 0. The van der Waals surface area contributed by atoms with Gasteiger partial charge in [-0.2, -0.15) is 0 Å². The van der Waals surface area contributed by atoms with Crippen LogP contribution in [-0.2, 0) is 9.53 Å². The van der Waals surface area contributed by atoms with Gasteiger partial charge in [0.1, 0.15) is 0 Å². The SMILES string of the molecule is O=C(CC1CNCCO1)Nc1ccc(C(=O)O)cc1. The Morgan fingerprint density at radius 2 is 2.11 bits per heavy atom. The van der Waals surface area contributed by atoms with Gasteiger partial charge in [-0.05, 0) is 24.3 Å². The molecule has 1 aliphatic rings. The summed E-state index contributed by atoms with van der Waals surface area (Å²) in [5.41, 5.74) is 0.775. The maximum Gasteiger partial charge on any atom is 0.335 e. The summed E-state index contributed by atoms with van der Waals surface area (Å²) in [6.07, 6.45) is 0.181. The minimum atomic E-state index is -0.987. The second-order valence-corrected chi connectivity index (χ2v) is 4.33. The number of aromatic carboxylic acids is 1. The highest BCUT2D eigenvalue weighted by Gasteiger charge is 2.17. The molecule has 0 aliphatic carbocycles. The van der Waals surface area contributed by atoms with Crippen LogP contribution < -0.4 is 10.6 Å². The molecule has 3 N–H and O–H groups in total. The van der Waals surface area contributed by atoms with E-state index in [0.29, 0.717) is 18.8 Å². The standard InChI is InChI=1S/C13H16N2O4/c16-12(7-11-8-14-5-6-19-11)15-10-3-1-9(2-4-10)13(17)18/h1-4,11,14H,5-8H2,(H,15,16)(H,17,18). The van der Waals surface area contributed by atoms with Crippen molar-refractivity contribution in [1.29, 1.82) is 0 Å². The van der Waals surface area contributed by atoms with Gasteiger partial charge in [-0.25, -0.2) is 4.79 Å². The van der Waals surface area contributed by atoms with Crippen molar-refractivity contribution >= 4 is 17.6 Å². The van der Waals surface area contributed by atoms with Gasteiger partial charge in [-0.3, -0.25) is 4.79 Å². The van der Waals surface area contributed by atoms with Crippen molar-refractivity contribution in [3.8, 4) is 0 Å². The number of hydrogen-bond acceptors (Lipinski definition) is 4. The lowest BCUT2D eigenvalue weighted by Gasteiger charge is -2.23. The summed E-state index contributed by atoms with van der Waals surface area (Å²) in [4.78, 5) is 22.5. The first kappa shape index (κ1) is 13.5. The highest BCUT2D eigenvalue weighted by atomic mass is 16.5. The molecule has 0 bridgehead atoms. The van der Waals surface area contributed by atoms with Crippen molar-refractivity contribution in [3.63, 3.8) is 0 Å². The zero-order chi connectivity index (χ0) is 13.7. The minimum absolute atomic E-state index is 0.105. The van der Waals surface area contributed by atoms with Crippen LogP contribution in [0.4, 0.5) is 5.69 Å². The highest BCUT2D eigenvalue weighted by Crippen LogP contribution is 2.11. The van der Waals surface area contributed by atoms with Gasteiger partial charge >= 0.3 is 5.97 Å². The topological polar surface area (TPSA) is 87.7 Å². The fourth-order valence-electron chi connectivity index (χ4n) is 1.87. The van der Waals surface area contributed by atoms with Gasteiger partial charge in [0.15, 0.2) is 0 Å². The Labute approximate surface area is 110 Å². The molecule has 1 amide bonds. The summed E-state index contributed by atoms with van der Waals surface area (Å²) in [5, 5.41) is 14.6. The van der Waals surface area contributed by atoms with E-state index < -0.39 is 5.97 Å². The van der Waals surface area contributed by atoms with Crippen molar-refractivity contribution < 1.29 is 19.4 Å². The van der Waals surface area contributed by atoms with Crippen molar-refractivity contribution in [3.05, 3.63) is 29.8 Å². The quantitative estimate of drug-likeness (QED) is 0.745. The maximum absolute atomic E-state index is 11.8. The van der Waals surface area contributed by atoms with Gasteiger partial charge in [0, 0.05) is 18.8 Å². The van der Waals surface area contributed by atoms with Crippen LogP contribution >= 0.6 is 0 Å². The smallest absolute Gasteiger partial charge is 0.335 e. The fraction of sp³-hybridized carbons (Fsp3) is 0.385. The molecule has 1 unspecified atom stereocenters. The number of carboxylic acid groups (broad SMARTS) is 1. The van der Waals surface area contributed by atoms with Crippen LogP contribution in [0.3, 0.4) is 0 Å². The van der Waals surface area contributed by atoms with E-state index in [1.54, 1.807) is 12.1 Å². The third kappa shape index (κ3) is 4.04. The van der Waals surface area contributed by atoms with E-state index in [0.717, 1.165) is 6.54 Å². The summed E-state index contributed by atoms with van der Waals surface area (Å²) in [6, 6.07) is 6.05. The number of rotatable bonds is 4. The molecule has 102 valence electrons. The second-order valence-electron chi connectivity index (χ2n) is 4.33. The number of carbonyl (C=O) groups excluding carboxylic acids is 1. The van der Waals surface area contributed by atoms with Crippen molar-refractivity contribution in [2.24, 2.45) is 0 Å². The monoisotopic (exact) mass is 264 g/mol. The molecule has 0 saturated carbocycles.